The molecule has 0 aliphatic rings. The highest BCUT2D eigenvalue weighted by atomic mass is 16.3. The molecule has 17 heavy (non-hydrogen) atoms. The molecule has 0 saturated carbocycles. The van der Waals surface area contributed by atoms with E-state index in [9.17, 15) is 15.0 Å². The number of hydrogen-bond acceptors (Lipinski definition) is 4. The van der Waals surface area contributed by atoms with Gasteiger partial charge in [-0.15, -0.1) is 0 Å². The number of carbonyl (C=O) groups excluding carboxylic acids is 1. The molecule has 1 amide bonds. The van der Waals surface area contributed by atoms with Crippen LogP contribution >= 0.6 is 0 Å². The first-order valence-electron chi connectivity index (χ1n) is 5.34. The normalized spacial score (nSPS) is 13.4. The van der Waals surface area contributed by atoms with Crippen LogP contribution < -0.4 is 11.1 Å². The van der Waals surface area contributed by atoms with E-state index in [2.05, 4.69) is 5.32 Å². The molecule has 0 bridgehead atoms. The number of nitrogens with two attached hydrogens (primary N) is 1. The molecule has 0 spiro atoms. The fourth-order valence-corrected chi connectivity index (χ4v) is 1.67. The average Bonchev–Trinajstić information content (AvgIpc) is 2.15. The lowest BCUT2D eigenvalue weighted by molar-refractivity contribution is -0.123. The highest BCUT2D eigenvalue weighted by molar-refractivity contribution is 5.83. The van der Waals surface area contributed by atoms with Gasteiger partial charge in [0.1, 0.15) is 11.5 Å². The Kier molecular flexibility index (Phi) is 3.63. The number of rotatable bonds is 4. The Labute approximate surface area is 100 Å². The molecule has 5 nitrogen and oxygen atoms in total. The Morgan fingerprint density at radius 1 is 1.35 bits per heavy atom. The van der Waals surface area contributed by atoms with E-state index in [1.54, 1.807) is 26.8 Å². The number of hydrogen-bond donors (Lipinski definition) is 4. The van der Waals surface area contributed by atoms with Gasteiger partial charge in [0.25, 0.3) is 0 Å². The summed E-state index contributed by atoms with van der Waals surface area (Å²) in [5, 5.41) is 22.3. The van der Waals surface area contributed by atoms with Crippen LogP contribution in [0.1, 0.15) is 32.4 Å². The van der Waals surface area contributed by atoms with Gasteiger partial charge in [-0.25, -0.2) is 0 Å². The molecule has 0 aromatic heterocycles. The minimum Gasteiger partial charge on any atom is -0.507 e. The SMILES string of the molecule is CC(NC(C)(C)C(N)=O)c1c(O)cccc1O. The third-order valence-corrected chi connectivity index (χ3v) is 2.69. The zero-order chi connectivity index (χ0) is 13.2. The van der Waals surface area contributed by atoms with Gasteiger partial charge >= 0.3 is 0 Å². The Bertz CT molecular complexity index is 410. The number of phenolic OH excluding ortho intramolecular Hbond substituents is 2. The van der Waals surface area contributed by atoms with E-state index in [-0.39, 0.29) is 11.5 Å². The molecule has 5 heteroatoms. The molecule has 1 unspecified atom stereocenters. The summed E-state index contributed by atoms with van der Waals surface area (Å²) in [5.74, 6) is -0.546. The van der Waals surface area contributed by atoms with Gasteiger partial charge in [0, 0.05) is 6.04 Å². The van der Waals surface area contributed by atoms with Crippen molar-refractivity contribution in [1.29, 1.82) is 0 Å². The second kappa shape index (κ2) is 4.63. The fraction of sp³-hybridized carbons (Fsp3) is 0.417. The summed E-state index contributed by atoms with van der Waals surface area (Å²) in [6, 6.07) is 4.09. The Hall–Kier alpha value is -1.75. The second-order valence-electron chi connectivity index (χ2n) is 4.57. The largest absolute Gasteiger partial charge is 0.507 e. The Balaban J connectivity index is 2.98. The van der Waals surface area contributed by atoms with Gasteiger partial charge in [-0.2, -0.15) is 0 Å². The minimum atomic E-state index is -0.922. The molecule has 0 aliphatic carbocycles. The van der Waals surface area contributed by atoms with Crippen LogP contribution in [0.4, 0.5) is 0 Å². The quantitative estimate of drug-likeness (QED) is 0.629. The van der Waals surface area contributed by atoms with E-state index in [4.69, 9.17) is 5.73 Å². The fourth-order valence-electron chi connectivity index (χ4n) is 1.67. The summed E-state index contributed by atoms with van der Waals surface area (Å²) in [5.41, 5.74) is 4.67. The number of nitrogens with one attached hydrogen (secondary N) is 1. The summed E-state index contributed by atoms with van der Waals surface area (Å²) in [4.78, 5) is 11.2. The van der Waals surface area contributed by atoms with E-state index in [0.29, 0.717) is 5.56 Å². The van der Waals surface area contributed by atoms with Crippen molar-refractivity contribution in [2.24, 2.45) is 5.73 Å². The Morgan fingerprint density at radius 2 is 1.82 bits per heavy atom. The molecule has 1 aromatic carbocycles. The second-order valence-corrected chi connectivity index (χ2v) is 4.57. The van der Waals surface area contributed by atoms with Crippen LogP contribution in [-0.4, -0.2) is 21.7 Å². The van der Waals surface area contributed by atoms with Crippen LogP contribution in [0.3, 0.4) is 0 Å². The van der Waals surface area contributed by atoms with Crippen LogP contribution in [-0.2, 0) is 4.79 Å². The Morgan fingerprint density at radius 3 is 2.24 bits per heavy atom. The van der Waals surface area contributed by atoms with E-state index < -0.39 is 17.5 Å². The van der Waals surface area contributed by atoms with Gasteiger partial charge in [-0.05, 0) is 32.9 Å². The number of benzene rings is 1. The number of amides is 1. The zero-order valence-electron chi connectivity index (χ0n) is 10.2. The van der Waals surface area contributed by atoms with Crippen molar-refractivity contribution in [2.45, 2.75) is 32.4 Å². The molecule has 5 N–H and O–H groups in total. The maximum atomic E-state index is 11.2. The summed E-state index contributed by atoms with van der Waals surface area (Å²) in [6.45, 7) is 5.02. The first kappa shape index (κ1) is 13.3. The number of aromatic hydroxyl groups is 2. The molecule has 0 heterocycles. The highest BCUT2D eigenvalue weighted by Gasteiger charge is 2.28. The first-order chi connectivity index (χ1) is 7.75. The molecule has 0 saturated heterocycles. The molecule has 1 aromatic rings. The van der Waals surface area contributed by atoms with Crippen molar-refractivity contribution < 1.29 is 15.0 Å². The smallest absolute Gasteiger partial charge is 0.237 e. The van der Waals surface area contributed by atoms with E-state index >= 15 is 0 Å². The van der Waals surface area contributed by atoms with Crippen molar-refractivity contribution in [1.82, 2.24) is 5.32 Å². The predicted octanol–water partition coefficient (Wildman–Crippen LogP) is 1.01. The maximum Gasteiger partial charge on any atom is 0.237 e. The highest BCUT2D eigenvalue weighted by Crippen LogP contribution is 2.33. The molecular weight excluding hydrogens is 220 g/mol. The van der Waals surface area contributed by atoms with Crippen molar-refractivity contribution in [3.8, 4) is 11.5 Å². The van der Waals surface area contributed by atoms with E-state index in [0.717, 1.165) is 0 Å². The maximum absolute atomic E-state index is 11.2. The predicted molar refractivity (Wildman–Crippen MR) is 64.6 cm³/mol. The van der Waals surface area contributed by atoms with Gasteiger partial charge in [0.15, 0.2) is 0 Å². The van der Waals surface area contributed by atoms with Crippen molar-refractivity contribution >= 4 is 5.91 Å². The molecule has 0 radical (unpaired) electrons. The van der Waals surface area contributed by atoms with Crippen molar-refractivity contribution in [3.05, 3.63) is 23.8 Å². The molecule has 94 valence electrons. The summed E-state index contributed by atoms with van der Waals surface area (Å²) >= 11 is 0. The summed E-state index contributed by atoms with van der Waals surface area (Å²) in [6.07, 6.45) is 0. The number of primary amides is 1. The average molecular weight is 238 g/mol. The number of carbonyl (C=O) groups is 1. The van der Waals surface area contributed by atoms with E-state index in [1.807, 2.05) is 0 Å². The molecule has 1 rings (SSSR count). The monoisotopic (exact) mass is 238 g/mol. The van der Waals surface area contributed by atoms with Gasteiger partial charge in [-0.3, -0.25) is 10.1 Å². The third-order valence-electron chi connectivity index (χ3n) is 2.69. The van der Waals surface area contributed by atoms with E-state index in [1.165, 1.54) is 12.1 Å². The zero-order valence-corrected chi connectivity index (χ0v) is 10.2. The lowest BCUT2D eigenvalue weighted by Crippen LogP contribution is -2.51. The molecule has 1 atom stereocenters. The lowest BCUT2D eigenvalue weighted by Gasteiger charge is -2.27. The van der Waals surface area contributed by atoms with Crippen LogP contribution in [0.2, 0.25) is 0 Å². The lowest BCUT2D eigenvalue weighted by atomic mass is 9.99. The van der Waals surface area contributed by atoms with Gasteiger partial charge < -0.3 is 15.9 Å². The molecule has 0 fully saturated rings. The molecule has 0 aliphatic heterocycles. The standard InChI is InChI=1S/C12H18N2O3/c1-7(14-12(2,3)11(13)17)10-8(15)5-4-6-9(10)16/h4-7,14-16H,1-3H3,(H2,13,17). The van der Waals surface area contributed by atoms with Crippen LogP contribution in [0.5, 0.6) is 11.5 Å². The molecular formula is C12H18N2O3. The van der Waals surface area contributed by atoms with Crippen LogP contribution in [0, 0.1) is 0 Å². The summed E-state index contributed by atoms with van der Waals surface area (Å²) < 4.78 is 0. The number of phenols is 2. The minimum absolute atomic E-state index is 0.0229. The van der Waals surface area contributed by atoms with Crippen LogP contribution in [0.25, 0.3) is 0 Å². The van der Waals surface area contributed by atoms with Crippen molar-refractivity contribution in [2.75, 3.05) is 0 Å². The van der Waals surface area contributed by atoms with Gasteiger partial charge in [-0.1, -0.05) is 6.07 Å². The van der Waals surface area contributed by atoms with Crippen molar-refractivity contribution in [3.63, 3.8) is 0 Å². The van der Waals surface area contributed by atoms with Crippen LogP contribution in [0.15, 0.2) is 18.2 Å². The topological polar surface area (TPSA) is 95.6 Å². The third kappa shape index (κ3) is 2.88. The summed E-state index contributed by atoms with van der Waals surface area (Å²) in [7, 11) is 0. The van der Waals surface area contributed by atoms with Gasteiger partial charge in [0.2, 0.25) is 5.91 Å². The van der Waals surface area contributed by atoms with Gasteiger partial charge in [0.05, 0.1) is 11.1 Å². The first-order valence-corrected chi connectivity index (χ1v) is 5.34.